The minimum atomic E-state index is -4.87. The first kappa shape index (κ1) is 109. The zero-order valence-electron chi connectivity index (χ0n) is 83.4. The van der Waals surface area contributed by atoms with E-state index in [1.807, 2.05) is 53.3 Å². The van der Waals surface area contributed by atoms with Crippen LogP contribution in [0.25, 0.3) is 0 Å². The van der Waals surface area contributed by atoms with Crippen molar-refractivity contribution < 1.29 is 133 Å². The van der Waals surface area contributed by atoms with Crippen LogP contribution in [0.5, 0.6) is 0 Å². The predicted molar refractivity (Wildman–Crippen MR) is 526 cm³/mol. The average molecular weight is 2150 g/mol. The lowest BCUT2D eigenvalue weighted by atomic mass is 9.83. The Morgan fingerprint density at radius 1 is 0.400 bits per heavy atom. The fourth-order valence-corrected chi connectivity index (χ4v) is 26.9. The Bertz CT molecular complexity index is 6220. The Balaban J connectivity index is 0.000000153. The van der Waals surface area contributed by atoms with Gasteiger partial charge < -0.3 is 60.8 Å². The molecule has 7 aliphatic carbocycles. The Kier molecular flexibility index (Phi) is 32.4. The number of aryl methyl sites for hydroxylation is 3. The van der Waals surface area contributed by atoms with E-state index in [1.165, 1.54) is 38.5 Å². The van der Waals surface area contributed by atoms with Crippen molar-refractivity contribution in [2.24, 2.45) is 23.7 Å². The number of hydrogen-bond donors (Lipinski definition) is 9. The predicted octanol–water partition coefficient (Wildman–Crippen LogP) is 7.32. The summed E-state index contributed by atoms with van der Waals surface area (Å²) in [6.45, 7) is 12.2. The molecule has 814 valence electrons. The van der Waals surface area contributed by atoms with Gasteiger partial charge in [0.2, 0.25) is 89.7 Å². The highest BCUT2D eigenvalue weighted by molar-refractivity contribution is 7.91. The lowest BCUT2D eigenvalue weighted by Gasteiger charge is -2.35. The fraction of sp³-hybridized carbons (Fsp3) is 0.621. The highest BCUT2D eigenvalue weighted by Gasteiger charge is 2.66. The number of amides is 15. The molecule has 0 aromatic heterocycles. The summed E-state index contributed by atoms with van der Waals surface area (Å²) in [5.74, 6) is -11.3. The highest BCUT2D eigenvalue weighted by Crippen LogP contribution is 2.50. The van der Waals surface area contributed by atoms with Crippen molar-refractivity contribution in [3.8, 4) is 0 Å². The molecule has 7 saturated carbocycles. The Labute approximate surface area is 866 Å². The Morgan fingerprint density at radius 2 is 0.700 bits per heavy atom. The molecule has 0 unspecified atom stereocenters. The first-order valence-corrected chi connectivity index (χ1v) is 56.9. The normalized spacial score (nSPS) is 29.5. The highest BCUT2D eigenvalue weighted by atomic mass is 32.2. The van der Waals surface area contributed by atoms with E-state index in [2.05, 4.69) is 67.1 Å². The molecule has 3 aromatic rings. The molecule has 9 aliphatic heterocycles. The summed E-state index contributed by atoms with van der Waals surface area (Å²) in [4.78, 5) is 212. The van der Waals surface area contributed by atoms with Crippen LogP contribution in [-0.4, -0.2) is 263 Å². The summed E-state index contributed by atoms with van der Waals surface area (Å²) >= 11 is 0. The SMILES string of the molecule is C=C[C@@H]1C[C@]1(NC(=O)[C@@H]1C[C@@H]2CN1C(=O)[C@H](C1CCCCC1)NC(=O)CCCCCc1cccc3c1CN(C3)C(=O)O2)C(=O)NS(=O)(=O)C1CC1.C=C[C@@H]1C[C@]1(NC(=O)[C@@H]1C[C@@H]2CN1C(=O)[C@H](CC(F)(F)F)NC(=O)CCCCCc1cccc3c1CN(C3)C(=O)O2)C(=O)NS(=O)(=O)C1CC1.C=C[C@@H]1C[C@]1(NC(=O)[C@@H]1C[C@@H]2CN1C(=O)[C@H](CC(F)F)NC(=O)CCCCCc1cccc3c1CN(C3)C(=O)O2)C(=O)NS(=O)(=O)C1CC1. The first-order valence-electron chi connectivity index (χ1n) is 52.2. The maximum absolute atomic E-state index is 14.6. The van der Waals surface area contributed by atoms with Gasteiger partial charge in [0, 0.05) is 102 Å². The molecule has 16 aliphatic rings. The lowest BCUT2D eigenvalue weighted by molar-refractivity contribution is -0.157. The first-order chi connectivity index (χ1) is 71.4. The lowest BCUT2D eigenvalue weighted by Crippen LogP contribution is -2.59. The number of halogens is 5. The molecule has 0 spiro atoms. The van der Waals surface area contributed by atoms with E-state index in [0.717, 1.165) is 119 Å². The second kappa shape index (κ2) is 44.6. The Morgan fingerprint density at radius 3 is 1.01 bits per heavy atom. The molecule has 150 heavy (non-hydrogen) atoms. The van der Waals surface area contributed by atoms with Crippen LogP contribution < -0.4 is 46.1 Å². The van der Waals surface area contributed by atoms with Crippen LogP contribution in [0.2, 0.25) is 0 Å². The van der Waals surface area contributed by atoms with Crippen LogP contribution in [0.1, 0.15) is 249 Å². The standard InChI is InChI=1S/C37H49N5O8S.C33H40F3N5O8S.C33H41F2N5O8S/c1-2-26-19-37(26,35(46)40-51(48,49)28-16-17-28)39-33(44)30-18-27-21-42(30)34(45)32(24-11-6-3-7-12-24)38-31(43)15-8-4-5-10-23-13-9-14-25-20-41(22-29(23)25)36(47)50-27;1-2-21-14-32(21,30(45)39-50(47,48)23-11-12-23)38-28(43)26-13-22-17-41(26)29(44)25(15-33(34,35)36)37-27(42)10-5-3-4-7-19-8-6-9-20-16-40(18-24(19)20)31(46)49-22;1-2-21-15-33(21,31(44)38-49(46,47)23-11-12-23)37-29(42)26-13-22-17-40(26)30(43)25(14-27(34)35)36-28(41)10-5-3-4-7-19-8-6-9-20-16-39(18-24(19)20)32(45)48-22/h2,9,13-14,24,26-28,30,32H,1,3-8,10-12,15-22H2,(H,38,43)(H,39,44)(H,40,46);2,6,8-9,21-23,25-26H,1,3-5,7,10-18H2,(H,37,42)(H,38,43)(H,39,45);2,6,8-9,21-23,25-27H,1,3-5,7,10-18H2,(H,36,41)(H,37,42)(H,38,44)/t26-,27-,30+,32+,37-;21-,22-,25+,26+,32-;21-,22-,25+,26+,33-/m111/s1. The number of sulfonamides is 3. The van der Waals surface area contributed by atoms with E-state index in [1.54, 1.807) is 4.90 Å². The summed E-state index contributed by atoms with van der Waals surface area (Å²) in [6.07, 6.45) is 3.84. The summed E-state index contributed by atoms with van der Waals surface area (Å²) < 4.78 is 168. The van der Waals surface area contributed by atoms with Gasteiger partial charge in [-0.05, 0) is 184 Å². The summed E-state index contributed by atoms with van der Waals surface area (Å²) in [6, 6.07) is 9.11. The zero-order valence-corrected chi connectivity index (χ0v) is 85.8. The van der Waals surface area contributed by atoms with Crippen LogP contribution in [0.4, 0.5) is 36.3 Å². The number of carbonyl (C=O) groups excluding carboxylic acids is 15. The summed E-state index contributed by atoms with van der Waals surface area (Å²) in [5, 5.41) is 13.6. The minimum Gasteiger partial charge on any atom is -0.444 e. The maximum Gasteiger partial charge on any atom is 0.410 e. The zero-order chi connectivity index (χ0) is 107. The molecule has 47 heteroatoms. The molecule has 12 bridgehead atoms. The third-order valence-corrected chi connectivity index (χ3v) is 37.4. The van der Waals surface area contributed by atoms with Gasteiger partial charge in [-0.3, -0.25) is 86.4 Å². The molecular formula is C103H130F5N15O24S3. The van der Waals surface area contributed by atoms with Gasteiger partial charge >= 0.3 is 24.5 Å². The summed E-state index contributed by atoms with van der Waals surface area (Å²) in [5.41, 5.74) is 4.51. The number of fused-ring (bicyclic) bond motifs is 9. The van der Waals surface area contributed by atoms with Gasteiger partial charge in [-0.15, -0.1) is 19.7 Å². The average Bonchev–Trinajstić information content (AvgIpc) is 1.58. The Hall–Kier alpha value is -12.2. The van der Waals surface area contributed by atoms with Crippen LogP contribution in [0.3, 0.4) is 0 Å². The third kappa shape index (κ3) is 24.9. The molecule has 15 atom stereocenters. The van der Waals surface area contributed by atoms with Crippen LogP contribution in [0, 0.1) is 23.7 Å². The summed E-state index contributed by atoms with van der Waals surface area (Å²) in [7, 11) is -11.8. The molecule has 0 radical (unpaired) electrons. The molecule has 3 saturated heterocycles. The second-order valence-corrected chi connectivity index (χ2v) is 48.7. The van der Waals surface area contributed by atoms with Crippen LogP contribution >= 0.6 is 0 Å². The van der Waals surface area contributed by atoms with Crippen molar-refractivity contribution in [1.29, 1.82) is 0 Å². The van der Waals surface area contributed by atoms with Crippen molar-refractivity contribution >= 4 is 119 Å². The third-order valence-electron chi connectivity index (χ3n) is 32.0. The topological polar surface area (TPSA) is 514 Å². The number of nitrogens with one attached hydrogen (secondary N) is 9. The number of rotatable bonds is 22. The van der Waals surface area contributed by atoms with Gasteiger partial charge in [0.1, 0.15) is 71.2 Å². The van der Waals surface area contributed by atoms with Crippen LogP contribution in [-0.2, 0) is 160 Å². The molecule has 19 rings (SSSR count). The molecule has 10 fully saturated rings. The smallest absolute Gasteiger partial charge is 0.410 e. The quantitative estimate of drug-likeness (QED) is 0.0270. The van der Waals surface area contributed by atoms with Gasteiger partial charge in [-0.25, -0.2) is 48.4 Å². The maximum atomic E-state index is 14.6. The molecule has 3 aromatic carbocycles. The van der Waals surface area contributed by atoms with Crippen LogP contribution in [0.15, 0.2) is 92.6 Å². The molecule has 39 nitrogen and oxygen atoms in total. The van der Waals surface area contributed by atoms with Gasteiger partial charge in [0.15, 0.2) is 0 Å². The molecule has 9 heterocycles. The van der Waals surface area contributed by atoms with E-state index >= 15 is 0 Å². The minimum absolute atomic E-state index is 0.00238. The second-order valence-electron chi connectivity index (χ2n) is 42.8. The van der Waals surface area contributed by atoms with E-state index < -0.39 is 250 Å². The number of hydrogen-bond acceptors (Lipinski definition) is 24. The van der Waals surface area contributed by atoms with E-state index in [4.69, 9.17) is 14.2 Å². The van der Waals surface area contributed by atoms with Gasteiger partial charge in [-0.2, -0.15) is 13.2 Å². The van der Waals surface area contributed by atoms with Crippen molar-refractivity contribution in [3.05, 3.63) is 143 Å². The van der Waals surface area contributed by atoms with Crippen molar-refractivity contribution in [2.75, 3.05) is 19.6 Å². The van der Waals surface area contributed by atoms with Gasteiger partial charge in [0.05, 0.1) is 41.8 Å². The van der Waals surface area contributed by atoms with Crippen molar-refractivity contribution in [1.82, 2.24) is 75.5 Å². The molecule has 9 N–H and O–H groups in total. The van der Waals surface area contributed by atoms with Gasteiger partial charge in [-0.1, -0.05) is 111 Å². The monoisotopic (exact) mass is 2150 g/mol. The number of carbonyl (C=O) groups is 15. The number of alkyl halides is 5. The van der Waals surface area contributed by atoms with E-state index in [0.29, 0.717) is 110 Å². The number of ether oxygens (including phenoxy) is 3. The fourth-order valence-electron chi connectivity index (χ4n) is 22.8. The van der Waals surface area contributed by atoms with Gasteiger partial charge in [0.25, 0.3) is 17.7 Å². The number of benzene rings is 3. The molecular weight excluding hydrogens is 2020 g/mol. The van der Waals surface area contributed by atoms with Crippen molar-refractivity contribution in [2.45, 2.75) is 357 Å². The van der Waals surface area contributed by atoms with E-state index in [-0.39, 0.29) is 95.8 Å². The largest absolute Gasteiger partial charge is 0.444 e. The van der Waals surface area contributed by atoms with E-state index in [9.17, 15) is 119 Å². The van der Waals surface area contributed by atoms with Crippen molar-refractivity contribution in [3.63, 3.8) is 0 Å². The number of nitrogens with zero attached hydrogens (tertiary/aromatic N) is 6. The molecule has 15 amide bonds.